The topological polar surface area (TPSA) is 78.8 Å². The van der Waals surface area contributed by atoms with Crippen LogP contribution in [-0.2, 0) is 28.5 Å². The monoisotopic (exact) mass is 374 g/mol. The molecule has 3 heterocycles. The first kappa shape index (κ1) is 19.1. The van der Waals surface area contributed by atoms with Crippen LogP contribution in [0.15, 0.2) is 4.99 Å². The van der Waals surface area contributed by atoms with Crippen LogP contribution in [0.25, 0.3) is 0 Å². The van der Waals surface area contributed by atoms with E-state index >= 15 is 0 Å². The molecule has 3 aliphatic heterocycles. The van der Waals surface area contributed by atoms with E-state index in [1.165, 1.54) is 26.0 Å². The van der Waals surface area contributed by atoms with Gasteiger partial charge in [0.1, 0.15) is 29.8 Å². The van der Waals surface area contributed by atoms with Crippen LogP contribution in [0, 0.1) is 0 Å². The zero-order chi connectivity index (χ0) is 18.4. The molecule has 9 heteroatoms. The fourth-order valence-corrected chi connectivity index (χ4v) is 4.49. The number of aliphatic imine (C=N–C) groups is 1. The minimum Gasteiger partial charge on any atom is -0.355 e. The lowest BCUT2D eigenvalue weighted by Gasteiger charge is -2.55. The van der Waals surface area contributed by atoms with Gasteiger partial charge < -0.3 is 33.4 Å². The molecule has 142 valence electrons. The molecule has 0 radical (unpaired) electrons. The van der Waals surface area contributed by atoms with Crippen molar-refractivity contribution >= 4 is 23.2 Å². The molecule has 7 unspecified atom stereocenters. The molecule has 0 saturated carbocycles. The molecule has 0 N–H and O–H groups in total. The summed E-state index contributed by atoms with van der Waals surface area (Å²) in [6, 6.07) is -0.286. The molecule has 0 aromatic rings. The molecule has 7 atom stereocenters. The number of hydrogen-bond acceptors (Lipinski definition) is 9. The zero-order valence-corrected chi connectivity index (χ0v) is 16.2. The van der Waals surface area contributed by atoms with Gasteiger partial charge >= 0.3 is 0 Å². The number of hydrogen-bond donors (Lipinski definition) is 0. The van der Waals surface area contributed by atoms with E-state index in [0.29, 0.717) is 0 Å². The fourth-order valence-electron chi connectivity index (χ4n) is 3.25. The zero-order valence-electron chi connectivity index (χ0n) is 15.4. The third-order valence-corrected chi connectivity index (χ3v) is 6.55. The summed E-state index contributed by atoms with van der Waals surface area (Å²) < 4.78 is 29.5. The van der Waals surface area contributed by atoms with E-state index in [1.54, 1.807) is 13.8 Å². The normalized spacial score (nSPS) is 46.2. The Hall–Kier alpha value is -0.710. The average molecular weight is 374 g/mol. The predicted octanol–water partition coefficient (Wildman–Crippen LogP) is 0.843. The molecule has 0 aromatic heterocycles. The summed E-state index contributed by atoms with van der Waals surface area (Å²) in [4.78, 5) is 18.4. The quantitative estimate of drug-likeness (QED) is 0.670. The van der Waals surface area contributed by atoms with Crippen molar-refractivity contribution in [3.8, 4) is 0 Å². The van der Waals surface area contributed by atoms with E-state index in [-0.39, 0.29) is 11.5 Å². The van der Waals surface area contributed by atoms with Gasteiger partial charge in [-0.15, -0.1) is 0 Å². The molecule has 3 aliphatic rings. The van der Waals surface area contributed by atoms with Crippen molar-refractivity contribution in [1.82, 2.24) is 4.90 Å². The Kier molecular flexibility index (Phi) is 5.18. The van der Waals surface area contributed by atoms with E-state index < -0.39 is 29.9 Å². The molecule has 0 aromatic carbocycles. The maximum atomic E-state index is 11.6. The molecule has 3 rings (SSSR count). The Morgan fingerprint density at radius 1 is 1.24 bits per heavy atom. The van der Waals surface area contributed by atoms with Crippen molar-refractivity contribution in [2.75, 3.05) is 27.8 Å². The first-order valence-corrected chi connectivity index (χ1v) is 9.22. The van der Waals surface area contributed by atoms with Gasteiger partial charge in [0.25, 0.3) is 0 Å². The van der Waals surface area contributed by atoms with Gasteiger partial charge in [-0.2, -0.15) is 0 Å². The standard InChI is InChI=1S/C16H26N2O6S/c1-7-18(4)14-17-10-12-11(9(8-19)22-13(10)25-14)23-15(2,20-5)16(3,21-6)24-12/h8-13H,7H2,1-6H3. The lowest BCUT2D eigenvalue weighted by molar-refractivity contribution is -0.460. The van der Waals surface area contributed by atoms with Crippen LogP contribution in [0.1, 0.15) is 20.8 Å². The van der Waals surface area contributed by atoms with Crippen LogP contribution in [0.2, 0.25) is 0 Å². The molecule has 0 amide bonds. The number of amidine groups is 1. The van der Waals surface area contributed by atoms with E-state index in [2.05, 4.69) is 6.92 Å². The smallest absolute Gasteiger partial charge is 0.220 e. The minimum absolute atomic E-state index is 0.286. The van der Waals surface area contributed by atoms with E-state index in [9.17, 15) is 4.79 Å². The SMILES string of the molecule is CCN(C)C1=NC2C(OC(C=O)C3OC(C)(OC)C(C)(OC)OC23)S1. The third kappa shape index (κ3) is 2.90. The highest BCUT2D eigenvalue weighted by Gasteiger charge is 2.63. The average Bonchev–Trinajstić information content (AvgIpc) is 3.05. The van der Waals surface area contributed by atoms with Crippen LogP contribution in [0.3, 0.4) is 0 Å². The lowest BCUT2D eigenvalue weighted by atomic mass is 9.94. The number of methoxy groups -OCH3 is 2. The number of carbonyl (C=O) groups is 1. The highest BCUT2D eigenvalue weighted by Crippen LogP contribution is 2.47. The number of ether oxygens (including phenoxy) is 5. The summed E-state index contributed by atoms with van der Waals surface area (Å²) in [5, 5.41) is 0.866. The molecule has 8 nitrogen and oxygen atoms in total. The van der Waals surface area contributed by atoms with Gasteiger partial charge in [-0.1, -0.05) is 11.8 Å². The molecule has 2 fully saturated rings. The van der Waals surface area contributed by atoms with Crippen molar-refractivity contribution in [1.29, 1.82) is 0 Å². The molecular weight excluding hydrogens is 348 g/mol. The van der Waals surface area contributed by atoms with Gasteiger partial charge in [0.15, 0.2) is 11.5 Å². The van der Waals surface area contributed by atoms with Gasteiger partial charge in [0.05, 0.1) is 0 Å². The predicted molar refractivity (Wildman–Crippen MR) is 92.4 cm³/mol. The summed E-state index contributed by atoms with van der Waals surface area (Å²) in [5.74, 6) is -2.32. The van der Waals surface area contributed by atoms with Gasteiger partial charge in [-0.25, -0.2) is 0 Å². The highest BCUT2D eigenvalue weighted by molar-refractivity contribution is 8.14. The second-order valence-electron chi connectivity index (χ2n) is 6.60. The molecule has 0 spiro atoms. The molecule has 0 aliphatic carbocycles. The second-order valence-corrected chi connectivity index (χ2v) is 7.67. The summed E-state index contributed by atoms with van der Waals surface area (Å²) >= 11 is 1.50. The number of nitrogens with zero attached hydrogens (tertiary/aromatic N) is 2. The number of thioether (sulfide) groups is 1. The number of carbonyl (C=O) groups excluding carboxylic acids is 1. The van der Waals surface area contributed by atoms with E-state index in [1.807, 2.05) is 11.9 Å². The first-order chi connectivity index (χ1) is 11.8. The van der Waals surface area contributed by atoms with Crippen LogP contribution >= 0.6 is 11.8 Å². The summed E-state index contributed by atoms with van der Waals surface area (Å²) in [7, 11) is 5.02. The minimum atomic E-state index is -1.18. The van der Waals surface area contributed by atoms with E-state index in [4.69, 9.17) is 28.7 Å². The van der Waals surface area contributed by atoms with Crippen LogP contribution in [-0.4, -0.2) is 85.5 Å². The Labute approximate surface area is 152 Å². The maximum Gasteiger partial charge on any atom is 0.220 e. The Bertz CT molecular complexity index is 563. The number of rotatable bonds is 4. The number of fused-ring (bicyclic) bond motifs is 3. The molecular formula is C16H26N2O6S. The number of aldehydes is 1. The van der Waals surface area contributed by atoms with Gasteiger partial charge in [0, 0.05) is 27.8 Å². The largest absolute Gasteiger partial charge is 0.355 e. The molecule has 0 bridgehead atoms. The van der Waals surface area contributed by atoms with Crippen LogP contribution < -0.4 is 0 Å². The Morgan fingerprint density at radius 3 is 2.36 bits per heavy atom. The lowest BCUT2D eigenvalue weighted by Crippen LogP contribution is -2.71. The maximum absolute atomic E-state index is 11.6. The third-order valence-electron chi connectivity index (χ3n) is 5.30. The van der Waals surface area contributed by atoms with Crippen LogP contribution in [0.5, 0.6) is 0 Å². The Morgan fingerprint density at radius 2 is 1.84 bits per heavy atom. The summed E-state index contributed by atoms with van der Waals surface area (Å²) in [6.45, 7) is 6.36. The molecule has 25 heavy (non-hydrogen) atoms. The highest BCUT2D eigenvalue weighted by atomic mass is 32.2. The fraction of sp³-hybridized carbons (Fsp3) is 0.875. The summed E-state index contributed by atoms with van der Waals surface area (Å²) in [5.41, 5.74) is -0.294. The van der Waals surface area contributed by atoms with Crippen molar-refractivity contribution in [2.24, 2.45) is 4.99 Å². The van der Waals surface area contributed by atoms with Gasteiger partial charge in [0.2, 0.25) is 11.6 Å². The van der Waals surface area contributed by atoms with Crippen molar-refractivity contribution in [3.05, 3.63) is 0 Å². The molecule has 2 saturated heterocycles. The second kappa shape index (κ2) is 6.79. The van der Waals surface area contributed by atoms with Gasteiger partial charge in [-0.05, 0) is 20.8 Å². The van der Waals surface area contributed by atoms with E-state index in [0.717, 1.165) is 18.0 Å². The summed E-state index contributed by atoms with van der Waals surface area (Å²) in [6.07, 6.45) is -1.10. The van der Waals surface area contributed by atoms with Gasteiger partial charge in [-0.3, -0.25) is 4.99 Å². The first-order valence-electron chi connectivity index (χ1n) is 8.34. The van der Waals surface area contributed by atoms with Crippen LogP contribution in [0.4, 0.5) is 0 Å². The Balaban J connectivity index is 1.95. The van der Waals surface area contributed by atoms with Crippen molar-refractivity contribution in [2.45, 2.75) is 62.1 Å². The van der Waals surface area contributed by atoms with Crippen molar-refractivity contribution in [3.63, 3.8) is 0 Å². The van der Waals surface area contributed by atoms with Crippen molar-refractivity contribution < 1.29 is 28.5 Å².